The van der Waals surface area contributed by atoms with Crippen molar-refractivity contribution >= 4 is 5.96 Å². The van der Waals surface area contributed by atoms with Crippen LogP contribution in [0.2, 0.25) is 0 Å². The van der Waals surface area contributed by atoms with Gasteiger partial charge in [-0.2, -0.15) is 4.98 Å². The summed E-state index contributed by atoms with van der Waals surface area (Å²) >= 11 is 0. The number of benzene rings is 1. The number of rotatable bonds is 8. The molecule has 29 heavy (non-hydrogen) atoms. The van der Waals surface area contributed by atoms with E-state index in [1.807, 2.05) is 0 Å². The molecule has 1 aliphatic carbocycles. The Balaban J connectivity index is 1.50. The van der Waals surface area contributed by atoms with E-state index >= 15 is 0 Å². The van der Waals surface area contributed by atoms with E-state index in [-0.39, 0.29) is 5.92 Å². The third-order valence-electron chi connectivity index (χ3n) is 5.12. The fourth-order valence-electron chi connectivity index (χ4n) is 3.39. The highest BCUT2D eigenvalue weighted by Crippen LogP contribution is 2.27. The molecule has 0 bridgehead atoms. The van der Waals surface area contributed by atoms with E-state index in [0.29, 0.717) is 31.5 Å². The van der Waals surface area contributed by atoms with Gasteiger partial charge in [-0.3, -0.25) is 4.99 Å². The molecule has 1 aromatic carbocycles. The number of hydrogen-bond acceptors (Lipinski definition) is 5. The van der Waals surface area contributed by atoms with E-state index < -0.39 is 0 Å². The van der Waals surface area contributed by atoms with Crippen LogP contribution < -0.4 is 15.4 Å². The van der Waals surface area contributed by atoms with Crippen LogP contribution in [-0.4, -0.2) is 35.8 Å². The minimum absolute atomic E-state index is 0.269. The lowest BCUT2D eigenvalue weighted by Gasteiger charge is -2.18. The molecule has 2 N–H and O–H groups in total. The lowest BCUT2D eigenvalue weighted by molar-refractivity contribution is 0.207. The topological polar surface area (TPSA) is 84.6 Å². The smallest absolute Gasteiger partial charge is 0.228 e. The number of aliphatic imine (C=N–C) groups is 1. The molecule has 7 nitrogen and oxygen atoms in total. The van der Waals surface area contributed by atoms with Crippen molar-refractivity contribution in [3.05, 3.63) is 41.0 Å². The monoisotopic (exact) mass is 399 g/mol. The zero-order chi connectivity index (χ0) is 20.6. The van der Waals surface area contributed by atoms with Gasteiger partial charge in [0.15, 0.2) is 11.8 Å². The summed E-state index contributed by atoms with van der Waals surface area (Å²) < 4.78 is 11.6. The largest absolute Gasteiger partial charge is 0.490 e. The highest BCUT2D eigenvalue weighted by atomic mass is 16.5. The molecular formula is C22H33N5O2. The molecule has 1 aliphatic rings. The fourth-order valence-corrected chi connectivity index (χ4v) is 3.39. The van der Waals surface area contributed by atoms with Gasteiger partial charge in [0.05, 0.1) is 6.10 Å². The molecule has 2 aromatic rings. The van der Waals surface area contributed by atoms with Gasteiger partial charge in [0, 0.05) is 38.0 Å². The summed E-state index contributed by atoms with van der Waals surface area (Å²) in [6.07, 6.45) is 5.83. The number of hydrogen-bond donors (Lipinski definition) is 2. The maximum atomic E-state index is 6.29. The number of guanidine groups is 1. The van der Waals surface area contributed by atoms with Gasteiger partial charge in [-0.15, -0.1) is 0 Å². The summed E-state index contributed by atoms with van der Waals surface area (Å²) in [6, 6.07) is 6.38. The SMILES string of the molecule is CN=C(NCCc1nc(C(C)C)no1)NCc1ccc(C)cc1OC1CCCC1. The number of aryl methyl sites for hydroxylation is 1. The van der Waals surface area contributed by atoms with Gasteiger partial charge in [0.25, 0.3) is 0 Å². The van der Waals surface area contributed by atoms with Gasteiger partial charge >= 0.3 is 0 Å². The van der Waals surface area contributed by atoms with Crippen LogP contribution in [-0.2, 0) is 13.0 Å². The molecule has 7 heteroatoms. The van der Waals surface area contributed by atoms with Crippen LogP contribution in [0.3, 0.4) is 0 Å². The second kappa shape index (κ2) is 10.3. The van der Waals surface area contributed by atoms with Crippen molar-refractivity contribution in [2.45, 2.75) is 71.4 Å². The van der Waals surface area contributed by atoms with E-state index in [1.54, 1.807) is 7.05 Å². The van der Waals surface area contributed by atoms with E-state index in [9.17, 15) is 0 Å². The Morgan fingerprint density at radius 1 is 1.28 bits per heavy atom. The van der Waals surface area contributed by atoms with Gasteiger partial charge in [0.1, 0.15) is 5.75 Å². The van der Waals surface area contributed by atoms with Crippen molar-refractivity contribution in [1.82, 2.24) is 20.8 Å². The van der Waals surface area contributed by atoms with E-state index in [2.05, 4.69) is 64.7 Å². The highest BCUT2D eigenvalue weighted by Gasteiger charge is 2.18. The normalized spacial score (nSPS) is 15.1. The fraction of sp³-hybridized carbons (Fsp3) is 0.591. The molecule has 1 fully saturated rings. The first kappa shape index (κ1) is 21.1. The van der Waals surface area contributed by atoms with E-state index in [1.165, 1.54) is 18.4 Å². The molecular weight excluding hydrogens is 366 g/mol. The van der Waals surface area contributed by atoms with Gasteiger partial charge in [-0.25, -0.2) is 0 Å². The zero-order valence-corrected chi connectivity index (χ0v) is 18.0. The molecule has 158 valence electrons. The molecule has 0 atom stereocenters. The number of nitrogens with one attached hydrogen (secondary N) is 2. The van der Waals surface area contributed by atoms with Gasteiger partial charge in [-0.05, 0) is 44.2 Å². The average molecular weight is 400 g/mol. The van der Waals surface area contributed by atoms with Gasteiger partial charge in [0.2, 0.25) is 5.89 Å². The van der Waals surface area contributed by atoms with Crippen molar-refractivity contribution in [2.24, 2.45) is 4.99 Å². The standard InChI is InChI=1S/C22H33N5O2/c1-15(2)21-26-20(29-27-21)11-12-24-22(23-4)25-14-17-10-9-16(3)13-19(17)28-18-7-5-6-8-18/h9-10,13,15,18H,5-8,11-12,14H2,1-4H3,(H2,23,24,25). The highest BCUT2D eigenvalue weighted by molar-refractivity contribution is 5.79. The lowest BCUT2D eigenvalue weighted by Crippen LogP contribution is -2.38. The summed E-state index contributed by atoms with van der Waals surface area (Å²) in [7, 11) is 1.77. The molecule has 1 aromatic heterocycles. The van der Waals surface area contributed by atoms with Crippen LogP contribution in [0.25, 0.3) is 0 Å². The number of nitrogens with zero attached hydrogens (tertiary/aromatic N) is 3. The molecule has 0 unspecified atom stereocenters. The predicted molar refractivity (Wildman–Crippen MR) is 114 cm³/mol. The number of ether oxygens (including phenoxy) is 1. The van der Waals surface area contributed by atoms with E-state index in [0.717, 1.165) is 35.9 Å². The summed E-state index contributed by atoms with van der Waals surface area (Å²) in [5.74, 6) is 3.37. The molecule has 0 aliphatic heterocycles. The van der Waals surface area contributed by atoms with Crippen LogP contribution in [0.1, 0.15) is 68.3 Å². The van der Waals surface area contributed by atoms with E-state index in [4.69, 9.17) is 9.26 Å². The Labute approximate surface area is 173 Å². The average Bonchev–Trinajstić information content (AvgIpc) is 3.38. The Bertz CT molecular complexity index is 809. The Kier molecular flexibility index (Phi) is 7.49. The van der Waals surface area contributed by atoms with Crippen LogP contribution >= 0.6 is 0 Å². The van der Waals surface area contributed by atoms with Crippen LogP contribution in [0, 0.1) is 6.92 Å². The van der Waals surface area contributed by atoms with Gasteiger partial charge in [-0.1, -0.05) is 31.1 Å². The lowest BCUT2D eigenvalue weighted by atomic mass is 10.1. The Morgan fingerprint density at radius 2 is 2.07 bits per heavy atom. The van der Waals surface area contributed by atoms with Crippen LogP contribution in [0.4, 0.5) is 0 Å². The molecule has 0 spiro atoms. The quantitative estimate of drug-likeness (QED) is 0.520. The molecule has 0 saturated heterocycles. The Morgan fingerprint density at radius 3 is 2.76 bits per heavy atom. The van der Waals surface area contributed by atoms with Crippen LogP contribution in [0.15, 0.2) is 27.7 Å². The first-order valence-electron chi connectivity index (χ1n) is 10.6. The molecule has 1 saturated carbocycles. The van der Waals surface area contributed by atoms with Crippen molar-refractivity contribution in [1.29, 1.82) is 0 Å². The van der Waals surface area contributed by atoms with Crippen LogP contribution in [0.5, 0.6) is 5.75 Å². The second-order valence-corrected chi connectivity index (χ2v) is 7.94. The predicted octanol–water partition coefficient (Wildman–Crippen LogP) is 3.73. The molecule has 1 heterocycles. The minimum atomic E-state index is 0.269. The molecule has 3 rings (SSSR count). The molecule has 0 radical (unpaired) electrons. The Hall–Kier alpha value is -2.57. The van der Waals surface area contributed by atoms with Crippen molar-refractivity contribution in [3.63, 3.8) is 0 Å². The third kappa shape index (κ3) is 6.21. The van der Waals surface area contributed by atoms with Crippen molar-refractivity contribution in [3.8, 4) is 5.75 Å². The first-order valence-corrected chi connectivity index (χ1v) is 10.6. The number of aromatic nitrogens is 2. The van der Waals surface area contributed by atoms with Gasteiger partial charge < -0.3 is 19.9 Å². The molecule has 0 amide bonds. The summed E-state index contributed by atoms with van der Waals surface area (Å²) in [5.41, 5.74) is 2.36. The summed E-state index contributed by atoms with van der Waals surface area (Å²) in [6.45, 7) is 7.52. The second-order valence-electron chi connectivity index (χ2n) is 7.94. The minimum Gasteiger partial charge on any atom is -0.490 e. The van der Waals surface area contributed by atoms with Crippen molar-refractivity contribution < 1.29 is 9.26 Å². The maximum absolute atomic E-state index is 6.29. The maximum Gasteiger partial charge on any atom is 0.228 e. The summed E-state index contributed by atoms with van der Waals surface area (Å²) in [5, 5.41) is 10.7. The first-order chi connectivity index (χ1) is 14.0. The van der Waals surface area contributed by atoms with Crippen molar-refractivity contribution in [2.75, 3.05) is 13.6 Å². The zero-order valence-electron chi connectivity index (χ0n) is 18.0. The third-order valence-corrected chi connectivity index (χ3v) is 5.12. The summed E-state index contributed by atoms with van der Waals surface area (Å²) in [4.78, 5) is 8.71.